The lowest BCUT2D eigenvalue weighted by atomic mass is 9.59. The Hall–Kier alpha value is -1.81. The van der Waals surface area contributed by atoms with E-state index in [-0.39, 0.29) is 23.4 Å². The number of carbonyl (C=O) groups excluding carboxylic acids is 1. The molecule has 4 atom stereocenters. The van der Waals surface area contributed by atoms with Gasteiger partial charge in [0.1, 0.15) is 6.10 Å². The fraction of sp³-hybridized carbons (Fsp3) is 0.654. The molecule has 0 spiro atoms. The van der Waals surface area contributed by atoms with E-state index < -0.39 is 0 Å². The Labute approximate surface area is 181 Å². The minimum atomic E-state index is 0.0484. The zero-order valence-corrected chi connectivity index (χ0v) is 18.8. The summed E-state index contributed by atoms with van der Waals surface area (Å²) in [6.07, 6.45) is 6.02. The molecule has 2 heterocycles. The number of hydrogen-bond donors (Lipinski definition) is 0. The lowest BCUT2D eigenvalue weighted by Gasteiger charge is -2.46. The number of piperazine rings is 1. The van der Waals surface area contributed by atoms with Crippen LogP contribution in [0.25, 0.3) is 0 Å². The molecule has 2 saturated heterocycles. The van der Waals surface area contributed by atoms with Crippen molar-refractivity contribution in [2.75, 3.05) is 37.6 Å². The fourth-order valence-corrected chi connectivity index (χ4v) is 6.61. The Bertz CT molecular complexity index is 854. The first-order valence-electron chi connectivity index (χ1n) is 11.9. The molecular weight excluding hydrogens is 372 g/mol. The number of fused-ring (bicyclic) bond motifs is 2. The van der Waals surface area contributed by atoms with Crippen molar-refractivity contribution in [1.82, 2.24) is 4.90 Å². The Morgan fingerprint density at radius 3 is 2.73 bits per heavy atom. The first-order valence-corrected chi connectivity index (χ1v) is 11.9. The number of anilines is 1. The zero-order valence-electron chi connectivity index (χ0n) is 18.8. The van der Waals surface area contributed by atoms with Gasteiger partial charge >= 0.3 is 5.97 Å². The van der Waals surface area contributed by atoms with E-state index in [4.69, 9.17) is 4.74 Å². The summed E-state index contributed by atoms with van der Waals surface area (Å²) in [5.41, 5.74) is 6.14. The number of benzene rings is 1. The summed E-state index contributed by atoms with van der Waals surface area (Å²) >= 11 is 0. The maximum atomic E-state index is 12.9. The van der Waals surface area contributed by atoms with Crippen molar-refractivity contribution in [3.05, 3.63) is 41.0 Å². The van der Waals surface area contributed by atoms with Gasteiger partial charge in [0.25, 0.3) is 0 Å². The molecule has 162 valence electrons. The van der Waals surface area contributed by atoms with Gasteiger partial charge in [-0.25, -0.2) is 0 Å². The lowest BCUT2D eigenvalue weighted by molar-refractivity contribution is -0.145. The van der Waals surface area contributed by atoms with E-state index in [2.05, 4.69) is 54.8 Å². The van der Waals surface area contributed by atoms with Crippen LogP contribution in [0.15, 0.2) is 35.4 Å². The van der Waals surface area contributed by atoms with Crippen molar-refractivity contribution in [1.29, 1.82) is 0 Å². The van der Waals surface area contributed by atoms with Crippen molar-refractivity contribution in [2.24, 2.45) is 17.3 Å². The van der Waals surface area contributed by atoms with Crippen LogP contribution in [0.4, 0.5) is 5.69 Å². The van der Waals surface area contributed by atoms with E-state index in [0.717, 1.165) is 45.6 Å². The van der Waals surface area contributed by atoms with Gasteiger partial charge < -0.3 is 9.64 Å². The Kier molecular flexibility index (Phi) is 5.17. The number of hydrogen-bond acceptors (Lipinski definition) is 4. The van der Waals surface area contributed by atoms with Gasteiger partial charge in [-0.1, -0.05) is 30.2 Å². The molecule has 5 rings (SSSR count). The largest absolute Gasteiger partial charge is 0.462 e. The van der Waals surface area contributed by atoms with Gasteiger partial charge in [-0.15, -0.1) is 0 Å². The third-order valence-corrected chi connectivity index (χ3v) is 8.37. The van der Waals surface area contributed by atoms with Gasteiger partial charge in [0.2, 0.25) is 0 Å². The van der Waals surface area contributed by atoms with E-state index in [1.165, 1.54) is 30.5 Å². The predicted molar refractivity (Wildman–Crippen MR) is 121 cm³/mol. The summed E-state index contributed by atoms with van der Waals surface area (Å²) in [5.74, 6) is 0.488. The highest BCUT2D eigenvalue weighted by Gasteiger charge is 2.53. The summed E-state index contributed by atoms with van der Waals surface area (Å²) in [6, 6.07) is 8.78. The van der Waals surface area contributed by atoms with Gasteiger partial charge in [0, 0.05) is 44.3 Å². The van der Waals surface area contributed by atoms with Crippen LogP contribution in [0.3, 0.4) is 0 Å². The third kappa shape index (κ3) is 3.57. The summed E-state index contributed by atoms with van der Waals surface area (Å²) < 4.78 is 5.97. The maximum absolute atomic E-state index is 12.9. The van der Waals surface area contributed by atoms with Gasteiger partial charge in [-0.05, 0) is 69.1 Å². The van der Waals surface area contributed by atoms with Crippen LogP contribution in [0, 0.1) is 24.2 Å². The Morgan fingerprint density at radius 2 is 1.97 bits per heavy atom. The van der Waals surface area contributed by atoms with E-state index in [9.17, 15) is 4.79 Å². The molecule has 1 saturated carbocycles. The lowest BCUT2D eigenvalue weighted by Crippen LogP contribution is -2.49. The summed E-state index contributed by atoms with van der Waals surface area (Å²) in [5, 5.41) is 0. The molecule has 2 aliphatic heterocycles. The molecule has 0 radical (unpaired) electrons. The third-order valence-electron chi connectivity index (χ3n) is 8.37. The molecule has 0 unspecified atom stereocenters. The fourth-order valence-electron chi connectivity index (χ4n) is 6.61. The number of nitrogens with zero attached hydrogens (tertiary/aromatic N) is 2. The van der Waals surface area contributed by atoms with Crippen LogP contribution in [0.1, 0.15) is 51.5 Å². The molecule has 4 heteroatoms. The average molecular weight is 409 g/mol. The summed E-state index contributed by atoms with van der Waals surface area (Å²) in [7, 11) is 0. The molecule has 2 aliphatic carbocycles. The average Bonchev–Trinajstić information content (AvgIpc) is 3.01. The molecule has 1 aromatic carbocycles. The number of allylic oxidation sites excluding steroid dienone is 2. The zero-order chi connectivity index (χ0) is 20.9. The second-order valence-corrected chi connectivity index (χ2v) is 10.5. The highest BCUT2D eigenvalue weighted by molar-refractivity contribution is 5.76. The first kappa shape index (κ1) is 20.1. The van der Waals surface area contributed by atoms with Crippen molar-refractivity contribution < 1.29 is 9.53 Å². The van der Waals surface area contributed by atoms with Gasteiger partial charge in [0.05, 0.1) is 5.92 Å². The van der Waals surface area contributed by atoms with E-state index >= 15 is 0 Å². The van der Waals surface area contributed by atoms with Crippen LogP contribution < -0.4 is 4.90 Å². The minimum Gasteiger partial charge on any atom is -0.462 e. The standard InChI is InChI=1S/C26H36N2O2/c1-18-6-4-8-20(14-18)28-12-10-27(11-13-28)17-22-21-15-23-19(2)7-5-9-26(23,3)16-24(21)30-25(22)29/h4,6,8,14,21-22,24H,5,7,9-13,15-17H2,1-3H3/t21-,22-,24-,26-/m1/s1. The van der Waals surface area contributed by atoms with Crippen molar-refractivity contribution in [3.63, 3.8) is 0 Å². The van der Waals surface area contributed by atoms with Gasteiger partial charge in [-0.2, -0.15) is 0 Å². The molecular formula is C26H36N2O2. The molecule has 3 fully saturated rings. The van der Waals surface area contributed by atoms with E-state index in [0.29, 0.717) is 5.92 Å². The van der Waals surface area contributed by atoms with E-state index in [1.807, 2.05) is 0 Å². The van der Waals surface area contributed by atoms with E-state index in [1.54, 1.807) is 11.1 Å². The van der Waals surface area contributed by atoms with Gasteiger partial charge in [0.15, 0.2) is 0 Å². The topological polar surface area (TPSA) is 32.8 Å². The normalized spacial score (nSPS) is 34.6. The summed E-state index contributed by atoms with van der Waals surface area (Å²) in [4.78, 5) is 17.8. The molecule has 4 aliphatic rings. The first-order chi connectivity index (χ1) is 14.4. The highest BCUT2D eigenvalue weighted by atomic mass is 16.6. The molecule has 1 aromatic rings. The van der Waals surface area contributed by atoms with Crippen LogP contribution >= 0.6 is 0 Å². The molecule has 4 nitrogen and oxygen atoms in total. The summed E-state index contributed by atoms with van der Waals surface area (Å²) in [6.45, 7) is 11.9. The van der Waals surface area contributed by atoms with Gasteiger partial charge in [-0.3, -0.25) is 9.69 Å². The number of aryl methyl sites for hydroxylation is 1. The van der Waals surface area contributed by atoms with Crippen molar-refractivity contribution in [2.45, 2.75) is 59.0 Å². The number of rotatable bonds is 3. The molecule has 0 bridgehead atoms. The second-order valence-electron chi connectivity index (χ2n) is 10.5. The predicted octanol–water partition coefficient (Wildman–Crippen LogP) is 4.58. The van der Waals surface area contributed by atoms with Crippen LogP contribution in [-0.4, -0.2) is 49.7 Å². The second kappa shape index (κ2) is 7.71. The maximum Gasteiger partial charge on any atom is 0.310 e. The molecule has 0 aromatic heterocycles. The van der Waals surface area contributed by atoms with Crippen molar-refractivity contribution in [3.8, 4) is 0 Å². The minimum absolute atomic E-state index is 0.0484. The quantitative estimate of drug-likeness (QED) is 0.542. The van der Waals surface area contributed by atoms with Crippen LogP contribution in [0.2, 0.25) is 0 Å². The smallest absolute Gasteiger partial charge is 0.310 e. The molecule has 0 N–H and O–H groups in total. The molecule has 0 amide bonds. The SMILES string of the molecule is CC1=C2C[C@H]3[C@@H](C[C@@]2(C)CCC1)OC(=O)[C@@H]3CN1CCN(c2cccc(C)c2)CC1. The van der Waals surface area contributed by atoms with Crippen LogP contribution in [0.5, 0.6) is 0 Å². The van der Waals surface area contributed by atoms with Crippen LogP contribution in [-0.2, 0) is 9.53 Å². The number of ether oxygens (including phenoxy) is 1. The number of esters is 1. The Balaban J connectivity index is 1.24. The highest BCUT2D eigenvalue weighted by Crippen LogP contribution is 2.55. The number of carbonyl (C=O) groups is 1. The van der Waals surface area contributed by atoms with Crippen molar-refractivity contribution >= 4 is 11.7 Å². The Morgan fingerprint density at radius 1 is 1.17 bits per heavy atom. The monoisotopic (exact) mass is 408 g/mol. The molecule has 30 heavy (non-hydrogen) atoms.